The van der Waals surface area contributed by atoms with Crippen LogP contribution in [0.15, 0.2) is 35.2 Å². The van der Waals surface area contributed by atoms with Crippen LogP contribution in [0.3, 0.4) is 0 Å². The molecule has 0 radical (unpaired) electrons. The van der Waals surface area contributed by atoms with Crippen molar-refractivity contribution in [3.8, 4) is 0 Å². The van der Waals surface area contributed by atoms with Crippen LogP contribution in [0.1, 0.15) is 36.3 Å². The van der Waals surface area contributed by atoms with E-state index in [0.29, 0.717) is 37.5 Å². The van der Waals surface area contributed by atoms with Gasteiger partial charge in [-0.25, -0.2) is 8.42 Å². The Bertz CT molecular complexity index is 942. The Balaban J connectivity index is 1.59. The Morgan fingerprint density at radius 3 is 2.21 bits per heavy atom. The van der Waals surface area contributed by atoms with E-state index in [-0.39, 0.29) is 11.9 Å². The van der Waals surface area contributed by atoms with E-state index in [2.05, 4.69) is 5.10 Å². The number of nitrogens with zero attached hydrogens (tertiary/aromatic N) is 4. The zero-order valence-corrected chi connectivity index (χ0v) is 17.7. The molecule has 152 valence electrons. The molecule has 0 aliphatic carbocycles. The molecule has 0 saturated carbocycles. The second-order valence-electron chi connectivity index (χ2n) is 7.52. The first kappa shape index (κ1) is 20.5. The Hall–Kier alpha value is -2.19. The lowest BCUT2D eigenvalue weighted by atomic mass is 10.2. The van der Waals surface area contributed by atoms with E-state index in [1.807, 2.05) is 38.4 Å². The molecular formula is C20H28N4O3S. The van der Waals surface area contributed by atoms with Crippen LogP contribution in [0, 0.1) is 20.8 Å². The minimum atomic E-state index is -3.52. The molecule has 1 aromatic carbocycles. The number of carbonyl (C=O) groups is 1. The molecule has 2 aromatic rings. The fourth-order valence-electron chi connectivity index (χ4n) is 3.60. The summed E-state index contributed by atoms with van der Waals surface area (Å²) >= 11 is 0. The molecule has 1 aliphatic heterocycles. The number of aromatic nitrogens is 2. The SMILES string of the molecule is Cc1ccc(S(=O)(=O)N2CCN(C(=O)C[C@@H](C)n3nc(C)cc3C)CC2)cc1. The van der Waals surface area contributed by atoms with Gasteiger partial charge in [-0.15, -0.1) is 0 Å². The smallest absolute Gasteiger partial charge is 0.243 e. The van der Waals surface area contributed by atoms with Crippen molar-refractivity contribution in [3.05, 3.63) is 47.3 Å². The Morgan fingerprint density at radius 2 is 1.68 bits per heavy atom. The van der Waals surface area contributed by atoms with Crippen molar-refractivity contribution >= 4 is 15.9 Å². The first-order valence-electron chi connectivity index (χ1n) is 9.56. The maximum absolute atomic E-state index is 12.8. The molecule has 2 heterocycles. The third kappa shape index (κ3) is 4.28. The molecule has 1 aliphatic rings. The highest BCUT2D eigenvalue weighted by atomic mass is 32.2. The van der Waals surface area contributed by atoms with Gasteiger partial charge in [0.15, 0.2) is 0 Å². The molecule has 1 fully saturated rings. The van der Waals surface area contributed by atoms with Crippen LogP contribution in [0.2, 0.25) is 0 Å². The van der Waals surface area contributed by atoms with Crippen LogP contribution >= 0.6 is 0 Å². The normalized spacial score (nSPS) is 16.9. The highest BCUT2D eigenvalue weighted by Crippen LogP contribution is 2.20. The van der Waals surface area contributed by atoms with Crippen LogP contribution in [0.5, 0.6) is 0 Å². The van der Waals surface area contributed by atoms with Gasteiger partial charge in [-0.05, 0) is 45.9 Å². The largest absolute Gasteiger partial charge is 0.340 e. The molecule has 0 bridgehead atoms. The van der Waals surface area contributed by atoms with E-state index < -0.39 is 10.0 Å². The summed E-state index contributed by atoms with van der Waals surface area (Å²) in [6.07, 6.45) is 0.354. The minimum Gasteiger partial charge on any atom is -0.340 e. The van der Waals surface area contributed by atoms with Gasteiger partial charge < -0.3 is 4.90 Å². The number of rotatable bonds is 5. The fourth-order valence-corrected chi connectivity index (χ4v) is 5.02. The number of sulfonamides is 1. The Kier molecular flexibility index (Phi) is 5.90. The number of hydrogen-bond acceptors (Lipinski definition) is 4. The first-order valence-corrected chi connectivity index (χ1v) is 11.0. The van der Waals surface area contributed by atoms with E-state index in [4.69, 9.17) is 0 Å². The Labute approximate surface area is 167 Å². The summed E-state index contributed by atoms with van der Waals surface area (Å²) in [5, 5.41) is 4.45. The maximum atomic E-state index is 12.8. The lowest BCUT2D eigenvalue weighted by Gasteiger charge is -2.34. The fraction of sp³-hybridized carbons (Fsp3) is 0.500. The van der Waals surface area contributed by atoms with Crippen LogP contribution < -0.4 is 0 Å². The van der Waals surface area contributed by atoms with Gasteiger partial charge in [0.05, 0.1) is 16.6 Å². The number of amides is 1. The second kappa shape index (κ2) is 8.05. The molecule has 1 atom stereocenters. The van der Waals surface area contributed by atoms with Gasteiger partial charge in [0.1, 0.15) is 0 Å². The predicted octanol–water partition coefficient (Wildman–Crippen LogP) is 2.29. The van der Waals surface area contributed by atoms with Gasteiger partial charge in [-0.3, -0.25) is 9.48 Å². The molecule has 3 rings (SSSR count). The molecule has 7 nitrogen and oxygen atoms in total. The number of aryl methyl sites for hydroxylation is 3. The lowest BCUT2D eigenvalue weighted by Crippen LogP contribution is -2.50. The first-order chi connectivity index (χ1) is 13.2. The van der Waals surface area contributed by atoms with Crippen molar-refractivity contribution in [3.63, 3.8) is 0 Å². The molecule has 0 unspecified atom stereocenters. The lowest BCUT2D eigenvalue weighted by molar-refractivity contribution is -0.133. The zero-order valence-electron chi connectivity index (χ0n) is 16.9. The number of carbonyl (C=O) groups excluding carboxylic acids is 1. The van der Waals surface area contributed by atoms with Crippen molar-refractivity contribution in [1.29, 1.82) is 0 Å². The number of hydrogen-bond donors (Lipinski definition) is 0. The second-order valence-corrected chi connectivity index (χ2v) is 9.46. The molecule has 8 heteroatoms. The monoisotopic (exact) mass is 404 g/mol. The van der Waals surface area contributed by atoms with Gasteiger partial charge in [-0.1, -0.05) is 17.7 Å². The summed E-state index contributed by atoms with van der Waals surface area (Å²) in [6, 6.07) is 8.84. The van der Waals surface area contributed by atoms with Crippen molar-refractivity contribution in [2.45, 2.75) is 45.1 Å². The maximum Gasteiger partial charge on any atom is 0.243 e. The molecule has 0 N–H and O–H groups in total. The molecule has 1 saturated heterocycles. The van der Waals surface area contributed by atoms with Gasteiger partial charge in [0.25, 0.3) is 0 Å². The quantitative estimate of drug-likeness (QED) is 0.766. The van der Waals surface area contributed by atoms with Gasteiger partial charge in [0.2, 0.25) is 15.9 Å². The highest BCUT2D eigenvalue weighted by molar-refractivity contribution is 7.89. The van der Waals surface area contributed by atoms with E-state index in [9.17, 15) is 13.2 Å². The van der Waals surface area contributed by atoms with E-state index in [0.717, 1.165) is 17.0 Å². The average Bonchev–Trinajstić information content (AvgIpc) is 3.00. The summed E-state index contributed by atoms with van der Waals surface area (Å²) < 4.78 is 28.9. The molecule has 28 heavy (non-hydrogen) atoms. The summed E-state index contributed by atoms with van der Waals surface area (Å²) in [5.74, 6) is 0.0347. The predicted molar refractivity (Wildman–Crippen MR) is 108 cm³/mol. The van der Waals surface area contributed by atoms with Crippen molar-refractivity contribution in [2.24, 2.45) is 0 Å². The minimum absolute atomic E-state index is 0.0319. The van der Waals surface area contributed by atoms with Crippen LogP contribution in [0.25, 0.3) is 0 Å². The van der Waals surface area contributed by atoms with Crippen molar-refractivity contribution in [1.82, 2.24) is 19.0 Å². The van der Waals surface area contributed by atoms with Crippen LogP contribution in [-0.2, 0) is 14.8 Å². The van der Waals surface area contributed by atoms with E-state index in [1.165, 1.54) is 4.31 Å². The standard InChI is InChI=1S/C20H28N4O3S/c1-15-5-7-19(8-6-15)28(26,27)23-11-9-22(10-12-23)20(25)14-18(4)24-17(3)13-16(2)21-24/h5-8,13,18H,9-12,14H2,1-4H3/t18-/m1/s1. The zero-order chi connectivity index (χ0) is 20.5. The Morgan fingerprint density at radius 1 is 1.07 bits per heavy atom. The highest BCUT2D eigenvalue weighted by Gasteiger charge is 2.30. The molecule has 0 spiro atoms. The van der Waals surface area contributed by atoms with E-state index in [1.54, 1.807) is 29.2 Å². The molecular weight excluding hydrogens is 376 g/mol. The number of benzene rings is 1. The molecule has 1 amide bonds. The van der Waals surface area contributed by atoms with Crippen LogP contribution in [-0.4, -0.2) is 59.5 Å². The summed E-state index contributed by atoms with van der Waals surface area (Å²) in [6.45, 7) is 9.28. The number of piperazine rings is 1. The summed E-state index contributed by atoms with van der Waals surface area (Å²) in [5.41, 5.74) is 2.99. The van der Waals surface area contributed by atoms with Gasteiger partial charge >= 0.3 is 0 Å². The van der Waals surface area contributed by atoms with Crippen molar-refractivity contribution in [2.75, 3.05) is 26.2 Å². The molecule has 1 aromatic heterocycles. The van der Waals surface area contributed by atoms with Gasteiger partial charge in [-0.2, -0.15) is 9.40 Å². The van der Waals surface area contributed by atoms with Crippen molar-refractivity contribution < 1.29 is 13.2 Å². The van der Waals surface area contributed by atoms with Gasteiger partial charge in [0, 0.05) is 38.3 Å². The summed E-state index contributed by atoms with van der Waals surface area (Å²) in [7, 11) is -3.52. The summed E-state index contributed by atoms with van der Waals surface area (Å²) in [4.78, 5) is 14.7. The van der Waals surface area contributed by atoms with E-state index >= 15 is 0 Å². The third-order valence-corrected chi connectivity index (χ3v) is 7.10. The third-order valence-electron chi connectivity index (χ3n) is 5.18. The average molecular weight is 405 g/mol. The van der Waals surface area contributed by atoms with Crippen LogP contribution in [0.4, 0.5) is 0 Å². The topological polar surface area (TPSA) is 75.5 Å².